The first kappa shape index (κ1) is 13.2. The number of aromatic amines is 1. The summed E-state index contributed by atoms with van der Waals surface area (Å²) in [6, 6.07) is -0.0735. The molecule has 0 bridgehead atoms. The summed E-state index contributed by atoms with van der Waals surface area (Å²) in [6.45, 7) is 1.64. The van der Waals surface area contributed by atoms with E-state index in [0.717, 1.165) is 12.8 Å². The number of allylic oxidation sites excluding steroid dienone is 2. The lowest BCUT2D eigenvalue weighted by Gasteiger charge is -2.26. The summed E-state index contributed by atoms with van der Waals surface area (Å²) in [5.74, 6) is -1.44. The second-order valence-electron chi connectivity index (χ2n) is 5.35. The Morgan fingerprint density at radius 3 is 2.50 bits per heavy atom. The Bertz CT molecular complexity index is 713. The Morgan fingerprint density at radius 2 is 1.95 bits per heavy atom. The Kier molecular flexibility index (Phi) is 2.88. The molecule has 20 heavy (non-hydrogen) atoms. The van der Waals surface area contributed by atoms with Gasteiger partial charge in [-0.05, 0) is 12.8 Å². The average molecular weight is 286 g/mol. The van der Waals surface area contributed by atoms with Gasteiger partial charge in [0.1, 0.15) is 5.83 Å². The van der Waals surface area contributed by atoms with Gasteiger partial charge in [-0.15, -0.1) is 0 Å². The van der Waals surface area contributed by atoms with Crippen LogP contribution in [0.15, 0.2) is 15.4 Å². The van der Waals surface area contributed by atoms with Gasteiger partial charge in [0.15, 0.2) is 0 Å². The van der Waals surface area contributed by atoms with Gasteiger partial charge in [-0.3, -0.25) is 14.3 Å². The zero-order chi connectivity index (χ0) is 14.6. The lowest BCUT2D eigenvalue weighted by molar-refractivity contribution is 0.210. The van der Waals surface area contributed by atoms with Gasteiger partial charge >= 0.3 is 5.69 Å². The van der Waals surface area contributed by atoms with Crippen molar-refractivity contribution in [1.29, 1.82) is 0 Å². The molecule has 1 aromatic heterocycles. The van der Waals surface area contributed by atoms with E-state index in [4.69, 9.17) is 0 Å². The minimum absolute atomic E-state index is 0.0735. The second kappa shape index (κ2) is 4.36. The normalized spacial score (nSPS) is 22.4. The quantitative estimate of drug-likeness (QED) is 0.907. The fourth-order valence-corrected chi connectivity index (χ4v) is 2.84. The van der Waals surface area contributed by atoms with Crippen molar-refractivity contribution in [3.63, 3.8) is 0 Å². The first-order chi connectivity index (χ1) is 9.41. The third kappa shape index (κ3) is 1.83. The van der Waals surface area contributed by atoms with Crippen LogP contribution >= 0.6 is 0 Å². The van der Waals surface area contributed by atoms with Crippen LogP contribution in [0.2, 0.25) is 0 Å². The number of nitrogens with zero attached hydrogens (tertiary/aromatic N) is 1. The van der Waals surface area contributed by atoms with Crippen molar-refractivity contribution in [2.45, 2.75) is 44.6 Å². The predicted octanol–water partition coefficient (Wildman–Crippen LogP) is 2.32. The summed E-state index contributed by atoms with van der Waals surface area (Å²) in [6.07, 6.45) is -1.75. The molecule has 7 heteroatoms. The Morgan fingerprint density at radius 1 is 1.30 bits per heavy atom. The van der Waals surface area contributed by atoms with Gasteiger partial charge in [0, 0.05) is 24.1 Å². The van der Waals surface area contributed by atoms with E-state index < -0.39 is 35.0 Å². The lowest BCUT2D eigenvalue weighted by Crippen LogP contribution is -2.37. The van der Waals surface area contributed by atoms with Crippen LogP contribution in [0, 0.1) is 0 Å². The molecule has 0 saturated heterocycles. The third-order valence-corrected chi connectivity index (χ3v) is 3.83. The molecule has 0 amide bonds. The molecule has 1 heterocycles. The van der Waals surface area contributed by atoms with Gasteiger partial charge in [-0.25, -0.2) is 18.0 Å². The van der Waals surface area contributed by atoms with Crippen LogP contribution < -0.4 is 11.2 Å². The van der Waals surface area contributed by atoms with Gasteiger partial charge in [-0.1, -0.05) is 6.92 Å². The largest absolute Gasteiger partial charge is 0.328 e. The standard InChI is InChI=1S/C13H13F3N2O2/c1-5-4-7(14)8(11(15)16)9-10(5)18(6-2-3-6)13(20)17-12(9)19/h5-6,11H,2-4H2,1H3,(H,17,19,20). The first-order valence-electron chi connectivity index (χ1n) is 6.47. The van der Waals surface area contributed by atoms with Crippen LogP contribution in [0.4, 0.5) is 13.2 Å². The van der Waals surface area contributed by atoms with Gasteiger partial charge in [0.2, 0.25) is 0 Å². The van der Waals surface area contributed by atoms with Crippen LogP contribution in [-0.4, -0.2) is 16.0 Å². The summed E-state index contributed by atoms with van der Waals surface area (Å²) in [4.78, 5) is 25.8. The first-order valence-corrected chi connectivity index (χ1v) is 6.47. The summed E-state index contributed by atoms with van der Waals surface area (Å²) in [5, 5.41) is 0. The number of H-pyrrole nitrogens is 1. The molecule has 1 fully saturated rings. The maximum Gasteiger partial charge on any atom is 0.328 e. The predicted molar refractivity (Wildman–Crippen MR) is 66.7 cm³/mol. The number of hydrogen-bond acceptors (Lipinski definition) is 2. The maximum atomic E-state index is 13.8. The number of aromatic nitrogens is 2. The van der Waals surface area contributed by atoms with Gasteiger partial charge in [-0.2, -0.15) is 0 Å². The molecule has 3 rings (SSSR count). The molecule has 1 saturated carbocycles. The summed E-state index contributed by atoms with van der Waals surface area (Å²) in [5.41, 5.74) is -2.51. The fraction of sp³-hybridized carbons (Fsp3) is 0.538. The minimum atomic E-state index is -3.08. The monoisotopic (exact) mass is 286 g/mol. The molecule has 0 spiro atoms. The topological polar surface area (TPSA) is 54.9 Å². The number of rotatable bonds is 2. The Balaban J connectivity index is 2.38. The van der Waals surface area contributed by atoms with Crippen molar-refractivity contribution in [2.75, 3.05) is 0 Å². The maximum absolute atomic E-state index is 13.8. The zero-order valence-corrected chi connectivity index (χ0v) is 10.8. The SMILES string of the molecule is CC1CC(F)=C(C(F)F)c2c1n(C1CC1)c(=O)[nH]c2=O. The van der Waals surface area contributed by atoms with E-state index in [1.165, 1.54) is 4.57 Å². The molecule has 1 unspecified atom stereocenters. The molecule has 0 aromatic carbocycles. The number of hydrogen-bond donors (Lipinski definition) is 1. The third-order valence-electron chi connectivity index (χ3n) is 3.83. The highest BCUT2D eigenvalue weighted by Crippen LogP contribution is 2.43. The van der Waals surface area contributed by atoms with Crippen LogP contribution in [0.25, 0.3) is 5.57 Å². The molecule has 1 N–H and O–H groups in total. The van der Waals surface area contributed by atoms with Crippen LogP contribution in [0.3, 0.4) is 0 Å². The molecule has 1 atom stereocenters. The van der Waals surface area contributed by atoms with Crippen molar-refractivity contribution >= 4 is 5.57 Å². The summed E-state index contributed by atoms with van der Waals surface area (Å²) >= 11 is 0. The molecule has 4 nitrogen and oxygen atoms in total. The molecular weight excluding hydrogens is 273 g/mol. The van der Waals surface area contributed by atoms with E-state index in [-0.39, 0.29) is 23.7 Å². The smallest absolute Gasteiger partial charge is 0.294 e. The second-order valence-corrected chi connectivity index (χ2v) is 5.35. The van der Waals surface area contributed by atoms with E-state index in [1.54, 1.807) is 6.92 Å². The minimum Gasteiger partial charge on any atom is -0.294 e. The molecule has 108 valence electrons. The highest BCUT2D eigenvalue weighted by atomic mass is 19.3. The van der Waals surface area contributed by atoms with Crippen molar-refractivity contribution in [3.8, 4) is 0 Å². The molecule has 2 aliphatic rings. The van der Waals surface area contributed by atoms with E-state index in [2.05, 4.69) is 0 Å². The van der Waals surface area contributed by atoms with Crippen LogP contribution in [0.1, 0.15) is 49.4 Å². The summed E-state index contributed by atoms with van der Waals surface area (Å²) < 4.78 is 41.3. The number of fused-ring (bicyclic) bond motifs is 1. The van der Waals surface area contributed by atoms with Crippen molar-refractivity contribution in [1.82, 2.24) is 9.55 Å². The Labute approximate surface area is 111 Å². The van der Waals surface area contributed by atoms with Crippen molar-refractivity contribution in [2.24, 2.45) is 0 Å². The van der Waals surface area contributed by atoms with Crippen LogP contribution in [0.5, 0.6) is 0 Å². The number of halogens is 3. The molecule has 0 aliphatic heterocycles. The Hall–Kier alpha value is -1.79. The van der Waals surface area contributed by atoms with E-state index in [9.17, 15) is 22.8 Å². The van der Waals surface area contributed by atoms with Crippen molar-refractivity contribution in [3.05, 3.63) is 37.9 Å². The van der Waals surface area contributed by atoms with Gasteiger partial charge < -0.3 is 0 Å². The van der Waals surface area contributed by atoms with Gasteiger partial charge in [0.25, 0.3) is 12.0 Å². The highest BCUT2D eigenvalue weighted by Gasteiger charge is 2.37. The molecule has 1 aromatic rings. The van der Waals surface area contributed by atoms with E-state index in [1.807, 2.05) is 4.98 Å². The average Bonchev–Trinajstić information content (AvgIpc) is 3.14. The van der Waals surface area contributed by atoms with E-state index >= 15 is 0 Å². The van der Waals surface area contributed by atoms with Crippen molar-refractivity contribution < 1.29 is 13.2 Å². The molecule has 2 aliphatic carbocycles. The fourth-order valence-electron chi connectivity index (χ4n) is 2.84. The zero-order valence-electron chi connectivity index (χ0n) is 10.8. The number of nitrogens with one attached hydrogen (secondary N) is 1. The lowest BCUT2D eigenvalue weighted by atomic mass is 9.87. The van der Waals surface area contributed by atoms with Crippen LogP contribution in [-0.2, 0) is 0 Å². The van der Waals surface area contributed by atoms with E-state index in [0.29, 0.717) is 0 Å². The molecule has 0 radical (unpaired) electrons. The molecular formula is C13H13F3N2O2. The summed E-state index contributed by atoms with van der Waals surface area (Å²) in [7, 11) is 0. The van der Waals surface area contributed by atoms with Gasteiger partial charge in [0.05, 0.1) is 11.1 Å². The number of alkyl halides is 2. The highest BCUT2D eigenvalue weighted by molar-refractivity contribution is 5.73.